The van der Waals surface area contributed by atoms with Crippen molar-refractivity contribution in [3.05, 3.63) is 23.8 Å². The van der Waals surface area contributed by atoms with Crippen LogP contribution in [0.5, 0.6) is 0 Å². The predicted molar refractivity (Wildman–Crippen MR) is 52.5 cm³/mol. The lowest BCUT2D eigenvalue weighted by Crippen LogP contribution is -2.00. The van der Waals surface area contributed by atoms with Crippen molar-refractivity contribution in [3.63, 3.8) is 0 Å². The van der Waals surface area contributed by atoms with Crippen molar-refractivity contribution in [1.82, 2.24) is 0 Å². The van der Waals surface area contributed by atoms with Crippen LogP contribution in [-0.2, 0) is 10.8 Å². The maximum absolute atomic E-state index is 11.4. The Morgan fingerprint density at radius 3 is 2.92 bits per heavy atom. The van der Waals surface area contributed by atoms with Gasteiger partial charge in [0.1, 0.15) is 5.75 Å². The number of hydrogen-bond donors (Lipinski definition) is 1. The van der Waals surface area contributed by atoms with Crippen molar-refractivity contribution in [3.8, 4) is 6.07 Å². The standard InChI is InChI=1S/C9H10N2OS/c1-7-2-3-8(11)9(6-7)13(12)5-4-10/h2-3,6H,5,11H2,1H3. The molecule has 1 unspecified atom stereocenters. The molecule has 0 radical (unpaired) electrons. The number of nitriles is 1. The Kier molecular flexibility index (Phi) is 3.04. The fourth-order valence-corrected chi connectivity index (χ4v) is 1.90. The smallest absolute Gasteiger partial charge is 0.115 e. The van der Waals surface area contributed by atoms with Crippen LogP contribution >= 0.6 is 0 Å². The highest BCUT2D eigenvalue weighted by molar-refractivity contribution is 7.85. The fraction of sp³-hybridized carbons (Fsp3) is 0.222. The highest BCUT2D eigenvalue weighted by atomic mass is 32.2. The van der Waals surface area contributed by atoms with Gasteiger partial charge in [-0.15, -0.1) is 0 Å². The second kappa shape index (κ2) is 4.06. The first kappa shape index (κ1) is 9.75. The monoisotopic (exact) mass is 194 g/mol. The van der Waals surface area contributed by atoms with E-state index in [-0.39, 0.29) is 5.75 Å². The van der Waals surface area contributed by atoms with E-state index in [1.165, 1.54) is 0 Å². The van der Waals surface area contributed by atoms with Crippen LogP contribution in [0.25, 0.3) is 0 Å². The average molecular weight is 194 g/mol. The van der Waals surface area contributed by atoms with E-state index in [4.69, 9.17) is 11.0 Å². The normalized spacial score (nSPS) is 12.0. The first-order chi connectivity index (χ1) is 6.15. The van der Waals surface area contributed by atoms with Gasteiger partial charge in [0.15, 0.2) is 0 Å². The minimum Gasteiger partial charge on any atom is -0.398 e. The molecule has 0 amide bonds. The van der Waals surface area contributed by atoms with Gasteiger partial charge in [-0.05, 0) is 24.6 Å². The molecule has 1 aromatic carbocycles. The summed E-state index contributed by atoms with van der Waals surface area (Å²) >= 11 is 0. The second-order valence-electron chi connectivity index (χ2n) is 2.69. The lowest BCUT2D eigenvalue weighted by molar-refractivity contribution is 0.685. The van der Waals surface area contributed by atoms with Gasteiger partial charge >= 0.3 is 0 Å². The van der Waals surface area contributed by atoms with E-state index in [1.807, 2.05) is 19.1 Å². The molecule has 1 aromatic rings. The Hall–Kier alpha value is -1.34. The molecule has 1 rings (SSSR count). The zero-order valence-corrected chi connectivity index (χ0v) is 8.10. The molecule has 2 N–H and O–H groups in total. The summed E-state index contributed by atoms with van der Waals surface area (Å²) in [6, 6.07) is 7.17. The number of nitrogens with zero attached hydrogens (tertiary/aromatic N) is 1. The topological polar surface area (TPSA) is 66.9 Å². The third kappa shape index (κ3) is 2.30. The summed E-state index contributed by atoms with van der Waals surface area (Å²) in [5.74, 6) is -0.00630. The van der Waals surface area contributed by atoms with Gasteiger partial charge in [-0.1, -0.05) is 6.07 Å². The zero-order chi connectivity index (χ0) is 9.84. The molecule has 4 heteroatoms. The molecule has 0 saturated carbocycles. The van der Waals surface area contributed by atoms with Crippen LogP contribution in [0, 0.1) is 18.3 Å². The molecule has 13 heavy (non-hydrogen) atoms. The van der Waals surface area contributed by atoms with Crippen molar-refractivity contribution in [2.45, 2.75) is 11.8 Å². The van der Waals surface area contributed by atoms with Gasteiger partial charge in [0, 0.05) is 5.69 Å². The minimum absolute atomic E-state index is 0.00630. The van der Waals surface area contributed by atoms with Crippen LogP contribution < -0.4 is 5.73 Å². The van der Waals surface area contributed by atoms with Crippen molar-refractivity contribution < 1.29 is 4.21 Å². The Morgan fingerprint density at radius 1 is 1.62 bits per heavy atom. The number of hydrogen-bond acceptors (Lipinski definition) is 3. The molecule has 0 heterocycles. The largest absolute Gasteiger partial charge is 0.398 e. The Bertz CT molecular complexity index is 382. The van der Waals surface area contributed by atoms with Gasteiger partial charge in [0.25, 0.3) is 0 Å². The number of nitrogens with two attached hydrogens (primary N) is 1. The van der Waals surface area contributed by atoms with Gasteiger partial charge in [-0.2, -0.15) is 5.26 Å². The Balaban J connectivity index is 3.07. The number of benzene rings is 1. The number of aryl methyl sites for hydroxylation is 1. The number of rotatable bonds is 2. The number of anilines is 1. The Labute approximate surface area is 79.6 Å². The summed E-state index contributed by atoms with van der Waals surface area (Å²) in [5, 5.41) is 8.37. The summed E-state index contributed by atoms with van der Waals surface area (Å²) < 4.78 is 11.4. The van der Waals surface area contributed by atoms with Gasteiger partial charge in [-0.25, -0.2) is 0 Å². The molecule has 68 valence electrons. The van der Waals surface area contributed by atoms with E-state index in [0.717, 1.165) is 5.56 Å². The van der Waals surface area contributed by atoms with Crippen molar-refractivity contribution in [2.75, 3.05) is 11.5 Å². The van der Waals surface area contributed by atoms with Gasteiger partial charge < -0.3 is 5.73 Å². The molecular formula is C9H10N2OS. The van der Waals surface area contributed by atoms with Gasteiger partial charge in [0.05, 0.1) is 21.8 Å². The van der Waals surface area contributed by atoms with Gasteiger partial charge in [-0.3, -0.25) is 4.21 Å². The van der Waals surface area contributed by atoms with E-state index >= 15 is 0 Å². The molecule has 0 spiro atoms. The molecule has 0 saturated heterocycles. The molecule has 3 nitrogen and oxygen atoms in total. The minimum atomic E-state index is -1.29. The van der Waals surface area contributed by atoms with E-state index in [2.05, 4.69) is 0 Å². The second-order valence-corrected chi connectivity index (χ2v) is 4.11. The molecule has 0 aliphatic heterocycles. The van der Waals surface area contributed by atoms with Crippen molar-refractivity contribution in [2.24, 2.45) is 0 Å². The van der Waals surface area contributed by atoms with Crippen LogP contribution in [-0.4, -0.2) is 9.96 Å². The number of nitrogen functional groups attached to an aromatic ring is 1. The summed E-state index contributed by atoms with van der Waals surface area (Å²) in [6.07, 6.45) is 0. The SMILES string of the molecule is Cc1ccc(N)c(S(=O)CC#N)c1. The highest BCUT2D eigenvalue weighted by Gasteiger charge is 2.06. The zero-order valence-electron chi connectivity index (χ0n) is 7.28. The third-order valence-electron chi connectivity index (χ3n) is 1.61. The van der Waals surface area contributed by atoms with E-state index in [0.29, 0.717) is 10.6 Å². The first-order valence-corrected chi connectivity index (χ1v) is 5.08. The molecule has 0 fully saturated rings. The molecule has 0 aliphatic rings. The van der Waals surface area contributed by atoms with Crippen molar-refractivity contribution >= 4 is 16.5 Å². The quantitative estimate of drug-likeness (QED) is 0.719. The van der Waals surface area contributed by atoms with Crippen LogP contribution in [0.15, 0.2) is 23.1 Å². The van der Waals surface area contributed by atoms with E-state index in [9.17, 15) is 4.21 Å². The predicted octanol–water partition coefficient (Wildman–Crippen LogP) is 1.21. The van der Waals surface area contributed by atoms with Crippen LogP contribution in [0.1, 0.15) is 5.56 Å². The van der Waals surface area contributed by atoms with Gasteiger partial charge in [0.2, 0.25) is 0 Å². The maximum Gasteiger partial charge on any atom is 0.115 e. The maximum atomic E-state index is 11.4. The summed E-state index contributed by atoms with van der Waals surface area (Å²) in [4.78, 5) is 0.557. The Morgan fingerprint density at radius 2 is 2.31 bits per heavy atom. The third-order valence-corrected chi connectivity index (χ3v) is 2.85. The summed E-state index contributed by atoms with van der Waals surface area (Å²) in [5.41, 5.74) is 7.10. The molecule has 1 atom stereocenters. The molecule has 0 aromatic heterocycles. The average Bonchev–Trinajstić information content (AvgIpc) is 2.09. The molecule has 0 aliphatic carbocycles. The van der Waals surface area contributed by atoms with Crippen LogP contribution in [0.3, 0.4) is 0 Å². The first-order valence-electron chi connectivity index (χ1n) is 3.76. The molecular weight excluding hydrogens is 184 g/mol. The van der Waals surface area contributed by atoms with Crippen molar-refractivity contribution in [1.29, 1.82) is 5.26 Å². The lowest BCUT2D eigenvalue weighted by atomic mass is 10.2. The highest BCUT2D eigenvalue weighted by Crippen LogP contribution is 2.17. The summed E-state index contributed by atoms with van der Waals surface area (Å²) in [7, 11) is -1.29. The fourth-order valence-electron chi connectivity index (χ4n) is 0.975. The van der Waals surface area contributed by atoms with E-state index < -0.39 is 10.8 Å². The van der Waals surface area contributed by atoms with E-state index in [1.54, 1.807) is 12.1 Å². The molecule has 0 bridgehead atoms. The summed E-state index contributed by atoms with van der Waals surface area (Å²) in [6.45, 7) is 1.90. The van der Waals surface area contributed by atoms with Crippen LogP contribution in [0.4, 0.5) is 5.69 Å². The lowest BCUT2D eigenvalue weighted by Gasteiger charge is -2.03. The van der Waals surface area contributed by atoms with Crippen LogP contribution in [0.2, 0.25) is 0 Å².